The number of amides is 1. The first-order chi connectivity index (χ1) is 15.9. The number of ketones is 1. The molecule has 0 saturated carbocycles. The largest absolute Gasteiger partial charge is 0.360 e. The van der Waals surface area contributed by atoms with Crippen LogP contribution in [0.3, 0.4) is 0 Å². The number of nitro groups is 1. The van der Waals surface area contributed by atoms with Crippen LogP contribution in [0.5, 0.6) is 0 Å². The molecule has 0 unspecified atom stereocenters. The molecule has 7 nitrogen and oxygen atoms in total. The van der Waals surface area contributed by atoms with Crippen LogP contribution >= 0.6 is 0 Å². The lowest BCUT2D eigenvalue weighted by Crippen LogP contribution is -2.30. The van der Waals surface area contributed by atoms with Gasteiger partial charge in [-0.3, -0.25) is 19.7 Å². The van der Waals surface area contributed by atoms with E-state index in [1.807, 2.05) is 42.5 Å². The van der Waals surface area contributed by atoms with Gasteiger partial charge < -0.3 is 10.2 Å². The van der Waals surface area contributed by atoms with Gasteiger partial charge in [0.05, 0.1) is 11.5 Å². The molecule has 0 spiro atoms. The van der Waals surface area contributed by atoms with E-state index in [2.05, 4.69) is 5.32 Å². The molecule has 164 valence electrons. The maximum absolute atomic E-state index is 12.7. The van der Waals surface area contributed by atoms with Crippen LogP contribution in [0, 0.1) is 10.1 Å². The molecule has 0 radical (unpaired) electrons. The Labute approximate surface area is 190 Å². The monoisotopic (exact) mass is 439 g/mol. The molecule has 0 fully saturated rings. The van der Waals surface area contributed by atoms with E-state index in [1.54, 1.807) is 37.4 Å². The minimum Gasteiger partial charge on any atom is -0.360 e. The lowest BCUT2D eigenvalue weighted by atomic mass is 10.0. The van der Waals surface area contributed by atoms with Crippen molar-refractivity contribution in [2.75, 3.05) is 23.8 Å². The van der Waals surface area contributed by atoms with Crippen molar-refractivity contribution in [3.05, 3.63) is 112 Å². The minimum atomic E-state index is -0.545. The van der Waals surface area contributed by atoms with E-state index in [-0.39, 0.29) is 35.2 Å². The Morgan fingerprint density at radius 3 is 2.33 bits per heavy atom. The molecule has 0 atom stereocenters. The highest BCUT2D eigenvalue weighted by Gasteiger charge is 2.22. The molecular weight excluding hydrogens is 418 g/mol. The zero-order valence-electron chi connectivity index (χ0n) is 17.9. The van der Waals surface area contributed by atoms with Crippen molar-refractivity contribution < 1.29 is 14.5 Å². The van der Waals surface area contributed by atoms with Crippen LogP contribution in [0.2, 0.25) is 0 Å². The number of nitrogens with one attached hydrogen (secondary N) is 1. The normalized spacial score (nSPS) is 10.6. The van der Waals surface area contributed by atoms with E-state index < -0.39 is 4.92 Å². The highest BCUT2D eigenvalue weighted by atomic mass is 16.6. The molecule has 4 rings (SSSR count). The van der Waals surface area contributed by atoms with Gasteiger partial charge in [-0.25, -0.2) is 0 Å². The summed E-state index contributed by atoms with van der Waals surface area (Å²) < 4.78 is 0. The van der Waals surface area contributed by atoms with Gasteiger partial charge in [0.25, 0.3) is 5.69 Å². The number of rotatable bonds is 7. The standard InChI is InChI=1S/C26H21N3O4/c1-28(17-25(30)27-22-13-7-11-18-8-5-6-12-21(18)22)23-15-14-20(16-24(23)29(32)33)26(31)19-9-3-2-4-10-19/h2-16H,17H2,1H3,(H,27,30). The number of benzene rings is 4. The van der Waals surface area contributed by atoms with Crippen LogP contribution in [0.1, 0.15) is 15.9 Å². The van der Waals surface area contributed by atoms with Gasteiger partial charge in [-0.05, 0) is 23.6 Å². The Morgan fingerprint density at radius 1 is 0.879 bits per heavy atom. The SMILES string of the molecule is CN(CC(=O)Nc1cccc2ccccc12)c1ccc(C(=O)c2ccccc2)cc1[N+](=O)[O-]. The second kappa shape index (κ2) is 9.32. The molecule has 1 amide bonds. The highest BCUT2D eigenvalue weighted by Crippen LogP contribution is 2.30. The van der Waals surface area contributed by atoms with Gasteiger partial charge in [0, 0.05) is 35.3 Å². The second-order valence-electron chi connectivity index (χ2n) is 7.59. The predicted octanol–water partition coefficient (Wildman–Crippen LogP) is 5.05. The number of fused-ring (bicyclic) bond motifs is 1. The van der Waals surface area contributed by atoms with Crippen molar-refractivity contribution >= 4 is 39.5 Å². The number of hydrogen-bond acceptors (Lipinski definition) is 5. The maximum atomic E-state index is 12.7. The Kier molecular flexibility index (Phi) is 6.13. The van der Waals surface area contributed by atoms with E-state index in [0.29, 0.717) is 11.3 Å². The summed E-state index contributed by atoms with van der Waals surface area (Å²) in [4.78, 5) is 38.1. The highest BCUT2D eigenvalue weighted by molar-refractivity contribution is 6.09. The molecule has 1 N–H and O–H groups in total. The van der Waals surface area contributed by atoms with Crippen molar-refractivity contribution in [1.82, 2.24) is 0 Å². The molecule has 0 heterocycles. The minimum absolute atomic E-state index is 0.101. The Hall–Kier alpha value is -4.52. The summed E-state index contributed by atoms with van der Waals surface area (Å²) in [5.74, 6) is -0.616. The van der Waals surface area contributed by atoms with E-state index in [4.69, 9.17) is 0 Å². The first-order valence-corrected chi connectivity index (χ1v) is 10.3. The summed E-state index contributed by atoms with van der Waals surface area (Å²) in [6.45, 7) is -0.101. The number of likely N-dealkylation sites (N-methyl/N-ethyl adjacent to an activating group) is 1. The smallest absolute Gasteiger partial charge is 0.293 e. The van der Waals surface area contributed by atoms with Crippen molar-refractivity contribution in [2.24, 2.45) is 0 Å². The maximum Gasteiger partial charge on any atom is 0.293 e. The van der Waals surface area contributed by atoms with Crippen molar-refractivity contribution in [2.45, 2.75) is 0 Å². The van der Waals surface area contributed by atoms with Crippen LogP contribution in [-0.4, -0.2) is 30.2 Å². The molecule has 0 aromatic heterocycles. The number of hydrogen-bond donors (Lipinski definition) is 1. The molecule has 33 heavy (non-hydrogen) atoms. The van der Waals surface area contributed by atoms with Gasteiger partial charge in [0.1, 0.15) is 5.69 Å². The average molecular weight is 439 g/mol. The quantitative estimate of drug-likeness (QED) is 0.247. The van der Waals surface area contributed by atoms with Gasteiger partial charge in [-0.15, -0.1) is 0 Å². The first kappa shape index (κ1) is 21.7. The van der Waals surface area contributed by atoms with Crippen LogP contribution < -0.4 is 10.2 Å². The number of carbonyl (C=O) groups is 2. The fourth-order valence-corrected chi connectivity index (χ4v) is 3.71. The molecule has 4 aromatic rings. The lowest BCUT2D eigenvalue weighted by Gasteiger charge is -2.19. The number of nitro benzene ring substituents is 1. The van der Waals surface area contributed by atoms with Crippen LogP contribution in [0.25, 0.3) is 10.8 Å². The molecule has 0 bridgehead atoms. The van der Waals surface area contributed by atoms with Crippen molar-refractivity contribution in [3.63, 3.8) is 0 Å². The average Bonchev–Trinajstić information content (AvgIpc) is 2.84. The number of carbonyl (C=O) groups excluding carboxylic acids is 2. The molecule has 4 aromatic carbocycles. The van der Waals surface area contributed by atoms with Gasteiger partial charge in [0.15, 0.2) is 5.78 Å². The van der Waals surface area contributed by atoms with Gasteiger partial charge in [0.2, 0.25) is 5.91 Å². The fourth-order valence-electron chi connectivity index (χ4n) is 3.71. The van der Waals surface area contributed by atoms with Gasteiger partial charge in [-0.1, -0.05) is 66.7 Å². The summed E-state index contributed by atoms with van der Waals surface area (Å²) in [7, 11) is 1.60. The fraction of sp³-hybridized carbons (Fsp3) is 0.0769. The van der Waals surface area contributed by atoms with Crippen molar-refractivity contribution in [1.29, 1.82) is 0 Å². The number of anilines is 2. The van der Waals surface area contributed by atoms with Crippen LogP contribution in [0.15, 0.2) is 91.0 Å². The van der Waals surface area contributed by atoms with E-state index in [1.165, 1.54) is 23.1 Å². The predicted molar refractivity (Wildman–Crippen MR) is 129 cm³/mol. The summed E-state index contributed by atoms with van der Waals surface area (Å²) in [6, 6.07) is 26.2. The molecule has 0 aliphatic carbocycles. The summed E-state index contributed by atoms with van der Waals surface area (Å²) in [5, 5.41) is 16.5. The molecule has 0 saturated heterocycles. The van der Waals surface area contributed by atoms with Crippen LogP contribution in [0.4, 0.5) is 17.1 Å². The summed E-state index contributed by atoms with van der Waals surface area (Å²) in [6.07, 6.45) is 0. The Bertz CT molecular complexity index is 1350. The van der Waals surface area contributed by atoms with Gasteiger partial charge >= 0.3 is 0 Å². The molecule has 7 heteroatoms. The molecular formula is C26H21N3O4. The Morgan fingerprint density at radius 2 is 1.58 bits per heavy atom. The molecule has 0 aliphatic heterocycles. The second-order valence-corrected chi connectivity index (χ2v) is 7.59. The number of nitrogens with zero attached hydrogens (tertiary/aromatic N) is 2. The lowest BCUT2D eigenvalue weighted by molar-refractivity contribution is -0.384. The summed E-state index contributed by atoms with van der Waals surface area (Å²) in [5.41, 5.74) is 1.34. The third-order valence-electron chi connectivity index (χ3n) is 5.33. The third-order valence-corrected chi connectivity index (χ3v) is 5.33. The van der Waals surface area contributed by atoms with Crippen LogP contribution in [-0.2, 0) is 4.79 Å². The summed E-state index contributed by atoms with van der Waals surface area (Å²) >= 11 is 0. The first-order valence-electron chi connectivity index (χ1n) is 10.3. The van der Waals surface area contributed by atoms with Gasteiger partial charge in [-0.2, -0.15) is 0 Å². The van der Waals surface area contributed by atoms with E-state index in [9.17, 15) is 19.7 Å². The molecule has 0 aliphatic rings. The van der Waals surface area contributed by atoms with E-state index in [0.717, 1.165) is 10.8 Å². The van der Waals surface area contributed by atoms with Crippen molar-refractivity contribution in [3.8, 4) is 0 Å². The topological polar surface area (TPSA) is 92.6 Å². The Balaban J connectivity index is 1.54. The third kappa shape index (κ3) is 4.72. The van der Waals surface area contributed by atoms with E-state index >= 15 is 0 Å². The zero-order valence-corrected chi connectivity index (χ0v) is 17.9. The zero-order chi connectivity index (χ0) is 23.4.